The lowest BCUT2D eigenvalue weighted by molar-refractivity contribution is -0.147. The van der Waals surface area contributed by atoms with Gasteiger partial charge in [-0.2, -0.15) is 0 Å². The largest absolute Gasteiger partial charge is 0.442 e. The summed E-state index contributed by atoms with van der Waals surface area (Å²) in [5.74, 6) is -0.189. The normalized spacial score (nSPS) is 20.2. The molecule has 118 valence electrons. The van der Waals surface area contributed by atoms with Crippen molar-refractivity contribution >= 4 is 29.6 Å². The van der Waals surface area contributed by atoms with Crippen molar-refractivity contribution in [3.05, 3.63) is 40.2 Å². The highest BCUT2D eigenvalue weighted by atomic mass is 32.1. The Morgan fingerprint density at radius 2 is 2.50 bits per heavy atom. The molecule has 1 aliphatic heterocycles. The predicted octanol–water partition coefficient (Wildman–Crippen LogP) is 2.13. The predicted molar refractivity (Wildman–Crippen MR) is 90.7 cm³/mol. The molecule has 0 bridgehead atoms. The maximum atomic E-state index is 11.7. The molecular formula is C16H21N3O2S. The van der Waals surface area contributed by atoms with E-state index in [0.717, 1.165) is 24.4 Å². The van der Waals surface area contributed by atoms with Crippen molar-refractivity contribution in [2.75, 3.05) is 26.9 Å². The SMILES string of the molecule is CN1CCC(C(=O)OC/N=C/C=C(N)/C=C/c2cccs2)C1. The van der Waals surface area contributed by atoms with E-state index in [2.05, 4.69) is 9.89 Å². The van der Waals surface area contributed by atoms with Crippen LogP contribution in [0.3, 0.4) is 0 Å². The number of allylic oxidation sites excluding steroid dienone is 2. The Hall–Kier alpha value is -1.92. The van der Waals surface area contributed by atoms with Gasteiger partial charge in [0.1, 0.15) is 0 Å². The van der Waals surface area contributed by atoms with E-state index in [4.69, 9.17) is 10.5 Å². The van der Waals surface area contributed by atoms with Crippen LogP contribution in [-0.4, -0.2) is 44.0 Å². The highest BCUT2D eigenvalue weighted by Gasteiger charge is 2.27. The van der Waals surface area contributed by atoms with Gasteiger partial charge in [0.25, 0.3) is 0 Å². The highest BCUT2D eigenvalue weighted by molar-refractivity contribution is 7.10. The molecule has 0 aliphatic carbocycles. The lowest BCUT2D eigenvalue weighted by atomic mass is 10.1. The fraction of sp³-hybridized carbons (Fsp3) is 0.375. The molecule has 1 fully saturated rings. The second-order valence-electron chi connectivity index (χ2n) is 5.19. The number of hydrogen-bond acceptors (Lipinski definition) is 6. The van der Waals surface area contributed by atoms with E-state index in [1.807, 2.05) is 36.7 Å². The van der Waals surface area contributed by atoms with Crippen molar-refractivity contribution in [1.29, 1.82) is 0 Å². The lowest BCUT2D eigenvalue weighted by Crippen LogP contribution is -2.21. The molecule has 1 aromatic heterocycles. The van der Waals surface area contributed by atoms with Gasteiger partial charge < -0.3 is 15.4 Å². The van der Waals surface area contributed by atoms with E-state index in [0.29, 0.717) is 5.70 Å². The fourth-order valence-electron chi connectivity index (χ4n) is 2.15. The van der Waals surface area contributed by atoms with Crippen molar-refractivity contribution in [3.63, 3.8) is 0 Å². The molecule has 0 aromatic carbocycles. The molecule has 1 unspecified atom stereocenters. The summed E-state index contributed by atoms with van der Waals surface area (Å²) in [5, 5.41) is 2.01. The Kier molecular flexibility index (Phi) is 6.36. The zero-order valence-corrected chi connectivity index (χ0v) is 13.5. The van der Waals surface area contributed by atoms with Crippen LogP contribution in [0, 0.1) is 5.92 Å². The number of nitrogens with zero attached hydrogens (tertiary/aromatic N) is 2. The number of nitrogens with two attached hydrogens (primary N) is 1. The number of carbonyl (C=O) groups is 1. The Morgan fingerprint density at radius 1 is 1.64 bits per heavy atom. The van der Waals surface area contributed by atoms with E-state index in [-0.39, 0.29) is 18.6 Å². The van der Waals surface area contributed by atoms with Gasteiger partial charge in [-0.1, -0.05) is 6.07 Å². The topological polar surface area (TPSA) is 67.9 Å². The van der Waals surface area contributed by atoms with Crippen molar-refractivity contribution in [2.45, 2.75) is 6.42 Å². The third-order valence-corrected chi connectivity index (χ3v) is 4.20. The van der Waals surface area contributed by atoms with Crippen LogP contribution in [-0.2, 0) is 9.53 Å². The minimum Gasteiger partial charge on any atom is -0.442 e. The van der Waals surface area contributed by atoms with Gasteiger partial charge in [0, 0.05) is 23.3 Å². The van der Waals surface area contributed by atoms with Gasteiger partial charge in [-0.05, 0) is 49.7 Å². The summed E-state index contributed by atoms with van der Waals surface area (Å²) in [7, 11) is 2.00. The quantitative estimate of drug-likeness (QED) is 0.495. The standard InChI is InChI=1S/C16H21N3O2S/c1-19-9-7-13(11-19)16(20)21-12-18-8-6-14(17)4-5-15-3-2-10-22-15/h2-6,8,10,13H,7,9,11-12,17H2,1H3/b5-4+,14-6-,18-8+. The fourth-order valence-corrected chi connectivity index (χ4v) is 2.77. The van der Waals surface area contributed by atoms with Crippen molar-refractivity contribution in [1.82, 2.24) is 4.90 Å². The Labute approximate surface area is 134 Å². The van der Waals surface area contributed by atoms with Crippen LogP contribution in [0.25, 0.3) is 6.08 Å². The minimum atomic E-state index is -0.170. The average Bonchev–Trinajstić information content (AvgIpc) is 3.16. The van der Waals surface area contributed by atoms with E-state index in [9.17, 15) is 4.79 Å². The molecule has 0 spiro atoms. The third kappa shape index (κ3) is 5.46. The molecule has 2 N–H and O–H groups in total. The lowest BCUT2D eigenvalue weighted by Gasteiger charge is -2.08. The number of ether oxygens (including phenoxy) is 1. The number of aliphatic imine (C=N–C) groups is 1. The monoisotopic (exact) mass is 319 g/mol. The van der Waals surface area contributed by atoms with Crippen molar-refractivity contribution in [2.24, 2.45) is 16.6 Å². The third-order valence-electron chi connectivity index (χ3n) is 3.36. The first-order valence-corrected chi connectivity index (χ1v) is 8.05. The minimum absolute atomic E-state index is 0.0189. The molecule has 1 saturated heterocycles. The van der Waals surface area contributed by atoms with E-state index in [1.165, 1.54) is 0 Å². The summed E-state index contributed by atoms with van der Waals surface area (Å²) in [5.41, 5.74) is 6.42. The maximum absolute atomic E-state index is 11.7. The molecule has 0 saturated carbocycles. The van der Waals surface area contributed by atoms with Crippen LogP contribution >= 0.6 is 11.3 Å². The molecule has 1 aromatic rings. The zero-order chi connectivity index (χ0) is 15.8. The first kappa shape index (κ1) is 16.5. The summed E-state index contributed by atoms with van der Waals surface area (Å²) >= 11 is 1.65. The first-order chi connectivity index (χ1) is 10.6. The number of carbonyl (C=O) groups excluding carboxylic acids is 1. The average molecular weight is 319 g/mol. The maximum Gasteiger partial charge on any atom is 0.312 e. The van der Waals surface area contributed by atoms with Crippen LogP contribution in [0.5, 0.6) is 0 Å². The molecular weight excluding hydrogens is 298 g/mol. The van der Waals surface area contributed by atoms with Crippen LogP contribution < -0.4 is 5.73 Å². The number of rotatable bonds is 6. The van der Waals surface area contributed by atoms with Crippen LogP contribution in [0.2, 0.25) is 0 Å². The van der Waals surface area contributed by atoms with Gasteiger partial charge in [-0.3, -0.25) is 9.79 Å². The van der Waals surface area contributed by atoms with E-state index < -0.39 is 0 Å². The van der Waals surface area contributed by atoms with Crippen LogP contribution in [0.1, 0.15) is 11.3 Å². The smallest absolute Gasteiger partial charge is 0.312 e. The molecule has 1 aliphatic rings. The second kappa shape index (κ2) is 8.51. The van der Waals surface area contributed by atoms with E-state index in [1.54, 1.807) is 23.6 Å². The first-order valence-electron chi connectivity index (χ1n) is 7.17. The highest BCUT2D eigenvalue weighted by Crippen LogP contribution is 2.15. The number of esters is 1. The number of hydrogen-bond donors (Lipinski definition) is 1. The van der Waals surface area contributed by atoms with Gasteiger partial charge in [0.15, 0.2) is 6.73 Å². The Morgan fingerprint density at radius 3 is 3.18 bits per heavy atom. The number of likely N-dealkylation sites (tertiary alicyclic amines) is 1. The van der Waals surface area contributed by atoms with Gasteiger partial charge in [0.05, 0.1) is 5.92 Å². The van der Waals surface area contributed by atoms with Gasteiger partial charge in [-0.15, -0.1) is 11.3 Å². The van der Waals surface area contributed by atoms with Gasteiger partial charge in [-0.25, -0.2) is 0 Å². The summed E-state index contributed by atoms with van der Waals surface area (Å²) < 4.78 is 5.13. The van der Waals surface area contributed by atoms with E-state index >= 15 is 0 Å². The molecule has 0 radical (unpaired) electrons. The van der Waals surface area contributed by atoms with Crippen molar-refractivity contribution in [3.8, 4) is 0 Å². The Balaban J connectivity index is 1.68. The molecule has 2 heterocycles. The van der Waals surface area contributed by atoms with Crippen molar-refractivity contribution < 1.29 is 9.53 Å². The summed E-state index contributed by atoms with van der Waals surface area (Å²) in [6.07, 6.45) is 7.86. The summed E-state index contributed by atoms with van der Waals surface area (Å²) in [4.78, 5) is 19.0. The molecule has 6 heteroatoms. The molecule has 5 nitrogen and oxygen atoms in total. The zero-order valence-electron chi connectivity index (χ0n) is 12.6. The second-order valence-corrected chi connectivity index (χ2v) is 6.17. The van der Waals surface area contributed by atoms with Crippen LogP contribution in [0.15, 0.2) is 40.4 Å². The summed E-state index contributed by atoms with van der Waals surface area (Å²) in [6, 6.07) is 4.00. The van der Waals surface area contributed by atoms with Gasteiger partial charge in [0.2, 0.25) is 0 Å². The molecule has 0 amide bonds. The molecule has 22 heavy (non-hydrogen) atoms. The van der Waals surface area contributed by atoms with Crippen LogP contribution in [0.4, 0.5) is 0 Å². The van der Waals surface area contributed by atoms with Gasteiger partial charge >= 0.3 is 5.97 Å². The summed E-state index contributed by atoms with van der Waals surface area (Å²) in [6.45, 7) is 1.75. The number of thiophene rings is 1. The Bertz CT molecular complexity index is 564. The molecule has 1 atom stereocenters. The molecule has 2 rings (SSSR count).